The second kappa shape index (κ2) is 6.79. The van der Waals surface area contributed by atoms with Crippen LogP contribution in [0.4, 0.5) is 20.3 Å². The highest BCUT2D eigenvalue weighted by atomic mass is 19.1. The molecule has 116 valence electrons. The Morgan fingerprint density at radius 3 is 2.73 bits per heavy atom. The lowest BCUT2D eigenvalue weighted by Gasteiger charge is -2.15. The maximum absolute atomic E-state index is 13.4. The second-order valence-corrected chi connectivity index (χ2v) is 4.59. The van der Waals surface area contributed by atoms with Crippen LogP contribution in [0.3, 0.4) is 0 Å². The summed E-state index contributed by atoms with van der Waals surface area (Å²) in [6.07, 6.45) is 1.13. The van der Waals surface area contributed by atoms with E-state index >= 15 is 0 Å². The van der Waals surface area contributed by atoms with Crippen LogP contribution in [-0.4, -0.2) is 22.6 Å². The van der Waals surface area contributed by atoms with E-state index in [-0.39, 0.29) is 24.1 Å². The number of nitro groups is 1. The highest BCUT2D eigenvalue weighted by molar-refractivity contribution is 5.40. The number of rotatable bonds is 6. The molecule has 6 nitrogen and oxygen atoms in total. The van der Waals surface area contributed by atoms with Gasteiger partial charge in [0.1, 0.15) is 24.4 Å². The van der Waals surface area contributed by atoms with Crippen LogP contribution in [0.1, 0.15) is 6.92 Å². The van der Waals surface area contributed by atoms with Crippen molar-refractivity contribution in [2.45, 2.75) is 13.0 Å². The van der Waals surface area contributed by atoms with Gasteiger partial charge in [-0.15, -0.1) is 0 Å². The van der Waals surface area contributed by atoms with E-state index in [2.05, 4.69) is 10.3 Å². The predicted octanol–water partition coefficient (Wildman–Crippen LogP) is 3.15. The molecular formula is C14H13F2N3O3. The number of nitrogens with one attached hydrogen (secondary N) is 1. The molecule has 0 aliphatic carbocycles. The second-order valence-electron chi connectivity index (χ2n) is 4.59. The fourth-order valence-electron chi connectivity index (χ4n) is 1.68. The van der Waals surface area contributed by atoms with Crippen molar-refractivity contribution in [3.63, 3.8) is 0 Å². The summed E-state index contributed by atoms with van der Waals surface area (Å²) in [5, 5.41) is 13.5. The normalized spacial score (nSPS) is 11.8. The number of hydrogen-bond acceptors (Lipinski definition) is 5. The van der Waals surface area contributed by atoms with Gasteiger partial charge in [-0.3, -0.25) is 10.1 Å². The number of anilines is 1. The molecule has 0 saturated carbocycles. The summed E-state index contributed by atoms with van der Waals surface area (Å²) in [5.74, 6) is -1.07. The molecule has 1 unspecified atom stereocenters. The van der Waals surface area contributed by atoms with Crippen LogP contribution in [0.15, 0.2) is 36.5 Å². The molecule has 8 heteroatoms. The van der Waals surface area contributed by atoms with Crippen molar-refractivity contribution in [1.82, 2.24) is 4.98 Å². The first-order valence-electron chi connectivity index (χ1n) is 6.40. The van der Waals surface area contributed by atoms with E-state index < -0.39 is 16.6 Å². The lowest BCUT2D eigenvalue weighted by atomic mass is 10.3. The molecule has 1 heterocycles. The smallest absolute Gasteiger partial charge is 0.287 e. The van der Waals surface area contributed by atoms with Crippen LogP contribution >= 0.6 is 0 Å². The molecule has 2 rings (SSSR count). The van der Waals surface area contributed by atoms with Crippen LogP contribution in [0, 0.1) is 21.7 Å². The van der Waals surface area contributed by atoms with E-state index in [1.807, 2.05) is 0 Å². The lowest BCUT2D eigenvalue weighted by Crippen LogP contribution is -2.24. The van der Waals surface area contributed by atoms with Crippen LogP contribution < -0.4 is 10.1 Å². The Labute approximate surface area is 124 Å². The quantitative estimate of drug-likeness (QED) is 0.655. The maximum Gasteiger partial charge on any atom is 0.287 e. The predicted molar refractivity (Wildman–Crippen MR) is 75.8 cm³/mol. The van der Waals surface area contributed by atoms with Crippen LogP contribution in [0.5, 0.6) is 5.75 Å². The summed E-state index contributed by atoms with van der Waals surface area (Å²) in [4.78, 5) is 13.9. The number of aromatic nitrogens is 1. The Morgan fingerprint density at radius 1 is 1.36 bits per heavy atom. The van der Waals surface area contributed by atoms with Gasteiger partial charge in [0.05, 0.1) is 11.0 Å². The van der Waals surface area contributed by atoms with E-state index in [0.29, 0.717) is 5.82 Å². The monoisotopic (exact) mass is 309 g/mol. The number of hydrogen-bond donors (Lipinski definition) is 1. The fraction of sp³-hybridized carbons (Fsp3) is 0.214. The molecule has 1 atom stereocenters. The SMILES string of the molecule is CC(COc1ccc(F)cc1F)Nc1ccc([N+](=O)[O-])cn1. The molecule has 0 spiro atoms. The highest BCUT2D eigenvalue weighted by Gasteiger charge is 2.10. The number of nitrogens with zero attached hydrogens (tertiary/aromatic N) is 2. The van der Waals surface area contributed by atoms with Crippen molar-refractivity contribution in [2.75, 3.05) is 11.9 Å². The van der Waals surface area contributed by atoms with Crippen molar-refractivity contribution in [3.05, 3.63) is 58.3 Å². The Hall–Kier alpha value is -2.77. The van der Waals surface area contributed by atoms with Gasteiger partial charge in [-0.2, -0.15) is 0 Å². The molecule has 1 N–H and O–H groups in total. The molecule has 22 heavy (non-hydrogen) atoms. The van der Waals surface area contributed by atoms with Crippen molar-refractivity contribution in [1.29, 1.82) is 0 Å². The fourth-order valence-corrected chi connectivity index (χ4v) is 1.68. The number of benzene rings is 1. The van der Waals surface area contributed by atoms with Crippen LogP contribution in [0.2, 0.25) is 0 Å². The molecule has 0 saturated heterocycles. The molecule has 0 bridgehead atoms. The Balaban J connectivity index is 1.89. The zero-order chi connectivity index (χ0) is 16.1. The van der Waals surface area contributed by atoms with E-state index in [1.54, 1.807) is 6.92 Å². The number of halogens is 2. The van der Waals surface area contributed by atoms with Crippen LogP contribution in [-0.2, 0) is 0 Å². The van der Waals surface area contributed by atoms with Gasteiger partial charge in [0, 0.05) is 12.1 Å². The first kappa shape index (κ1) is 15.6. The molecule has 0 aliphatic heterocycles. The minimum atomic E-state index is -0.777. The summed E-state index contributed by atoms with van der Waals surface area (Å²) >= 11 is 0. The van der Waals surface area contributed by atoms with Gasteiger partial charge < -0.3 is 10.1 Å². The first-order chi connectivity index (χ1) is 10.5. The van der Waals surface area contributed by atoms with Crippen molar-refractivity contribution in [3.8, 4) is 5.75 Å². The number of pyridine rings is 1. The van der Waals surface area contributed by atoms with Gasteiger partial charge in [0.15, 0.2) is 11.6 Å². The van der Waals surface area contributed by atoms with Crippen molar-refractivity contribution in [2.24, 2.45) is 0 Å². The summed E-state index contributed by atoms with van der Waals surface area (Å²) in [7, 11) is 0. The maximum atomic E-state index is 13.4. The summed E-state index contributed by atoms with van der Waals surface area (Å²) in [6, 6.07) is 5.61. The molecule has 0 aliphatic rings. The molecule has 0 fully saturated rings. The van der Waals surface area contributed by atoms with E-state index in [0.717, 1.165) is 18.3 Å². The van der Waals surface area contributed by atoms with Gasteiger partial charge in [-0.05, 0) is 25.1 Å². The molecule has 0 radical (unpaired) electrons. The lowest BCUT2D eigenvalue weighted by molar-refractivity contribution is -0.385. The van der Waals surface area contributed by atoms with Gasteiger partial charge in [0.2, 0.25) is 0 Å². The average molecular weight is 309 g/mol. The summed E-state index contributed by atoms with van der Waals surface area (Å²) in [5.41, 5.74) is -0.108. The van der Waals surface area contributed by atoms with E-state index in [1.165, 1.54) is 18.2 Å². The largest absolute Gasteiger partial charge is 0.488 e. The van der Waals surface area contributed by atoms with Crippen molar-refractivity contribution < 1.29 is 18.4 Å². The Kier molecular flexibility index (Phi) is 4.82. The van der Waals surface area contributed by atoms with Gasteiger partial charge in [0.25, 0.3) is 5.69 Å². The third-order valence-corrected chi connectivity index (χ3v) is 2.74. The van der Waals surface area contributed by atoms with Gasteiger partial charge in [-0.25, -0.2) is 13.8 Å². The molecule has 1 aromatic heterocycles. The van der Waals surface area contributed by atoms with Crippen molar-refractivity contribution >= 4 is 11.5 Å². The Bertz CT molecular complexity index is 665. The van der Waals surface area contributed by atoms with Gasteiger partial charge >= 0.3 is 0 Å². The molecular weight excluding hydrogens is 296 g/mol. The van der Waals surface area contributed by atoms with Gasteiger partial charge in [-0.1, -0.05) is 0 Å². The summed E-state index contributed by atoms with van der Waals surface area (Å²) < 4.78 is 31.4. The summed E-state index contributed by atoms with van der Waals surface area (Å²) in [6.45, 7) is 1.88. The van der Waals surface area contributed by atoms with Crippen LogP contribution in [0.25, 0.3) is 0 Å². The zero-order valence-corrected chi connectivity index (χ0v) is 11.6. The Morgan fingerprint density at radius 2 is 2.14 bits per heavy atom. The topological polar surface area (TPSA) is 77.3 Å². The number of ether oxygens (including phenoxy) is 1. The average Bonchev–Trinajstić information content (AvgIpc) is 2.47. The van der Waals surface area contributed by atoms with E-state index in [9.17, 15) is 18.9 Å². The minimum absolute atomic E-state index is 0.0493. The van der Waals surface area contributed by atoms with E-state index in [4.69, 9.17) is 4.74 Å². The zero-order valence-electron chi connectivity index (χ0n) is 11.6. The minimum Gasteiger partial charge on any atom is -0.488 e. The molecule has 1 aromatic carbocycles. The first-order valence-corrected chi connectivity index (χ1v) is 6.40. The highest BCUT2D eigenvalue weighted by Crippen LogP contribution is 2.18. The third-order valence-electron chi connectivity index (χ3n) is 2.74. The standard InChI is InChI=1S/C14H13F2N3O3/c1-9(8-22-13-4-2-10(15)6-12(13)16)18-14-5-3-11(7-17-14)19(20)21/h2-7,9H,8H2,1H3,(H,17,18). The molecule has 0 amide bonds. The third kappa shape index (κ3) is 4.11. The molecule has 2 aromatic rings.